The van der Waals surface area contributed by atoms with Crippen LogP contribution in [0.25, 0.3) is 6.08 Å². The molecule has 1 rings (SSSR count). The van der Waals surface area contributed by atoms with E-state index in [2.05, 4.69) is 16.8 Å². The van der Waals surface area contributed by atoms with E-state index >= 15 is 0 Å². The lowest BCUT2D eigenvalue weighted by Crippen LogP contribution is -1.91. The summed E-state index contributed by atoms with van der Waals surface area (Å²) in [5.74, 6) is 0. The van der Waals surface area contributed by atoms with Gasteiger partial charge in [-0.05, 0) is 12.1 Å². The van der Waals surface area contributed by atoms with Crippen molar-refractivity contribution >= 4 is 12.3 Å². The predicted molar refractivity (Wildman–Crippen MR) is 51.4 cm³/mol. The maximum Gasteiger partial charge on any atom is 0.0938 e. The van der Waals surface area contributed by atoms with Gasteiger partial charge in [0.05, 0.1) is 11.9 Å². The molecule has 0 saturated heterocycles. The molecule has 0 bridgehead atoms. The van der Waals surface area contributed by atoms with Crippen molar-refractivity contribution in [1.82, 2.24) is 10.2 Å². The van der Waals surface area contributed by atoms with Gasteiger partial charge in [0.25, 0.3) is 0 Å². The van der Waals surface area contributed by atoms with E-state index in [1.807, 2.05) is 13.8 Å². The Hall–Kier alpha value is -1.51. The van der Waals surface area contributed by atoms with E-state index in [0.717, 1.165) is 5.56 Å². The van der Waals surface area contributed by atoms with Crippen LogP contribution in [0.5, 0.6) is 0 Å². The molecule has 12 heavy (non-hydrogen) atoms. The van der Waals surface area contributed by atoms with E-state index in [9.17, 15) is 0 Å². The van der Waals surface area contributed by atoms with Gasteiger partial charge >= 0.3 is 0 Å². The summed E-state index contributed by atoms with van der Waals surface area (Å²) in [5, 5.41) is 14.3. The smallest absolute Gasteiger partial charge is 0.0938 e. The third kappa shape index (κ3) is 2.62. The highest BCUT2D eigenvalue weighted by Crippen LogP contribution is 2.00. The van der Waals surface area contributed by atoms with Crippen LogP contribution >= 0.6 is 0 Å². The average Bonchev–Trinajstić information content (AvgIpc) is 2.20. The van der Waals surface area contributed by atoms with Gasteiger partial charge in [0.2, 0.25) is 0 Å². The number of hydrogen-bond acceptors (Lipinski definition) is 3. The van der Waals surface area contributed by atoms with E-state index in [1.54, 1.807) is 18.3 Å². The van der Waals surface area contributed by atoms with Gasteiger partial charge in [0, 0.05) is 11.8 Å². The molecule has 0 spiro atoms. The van der Waals surface area contributed by atoms with E-state index < -0.39 is 0 Å². The average molecular weight is 163 g/mol. The number of nitrogens with one attached hydrogen (secondary N) is 1. The number of nitrogens with zero attached hydrogens (tertiary/aromatic N) is 2. The van der Waals surface area contributed by atoms with Gasteiger partial charge in [-0.15, -0.1) is 0 Å². The van der Waals surface area contributed by atoms with Crippen molar-refractivity contribution in [3.8, 4) is 0 Å². The lowest BCUT2D eigenvalue weighted by atomic mass is 10.2. The SMILES string of the molecule is C=Cc1nnccc1C=N.CC. The van der Waals surface area contributed by atoms with Crippen LogP contribution in [0.3, 0.4) is 0 Å². The maximum absolute atomic E-state index is 6.95. The summed E-state index contributed by atoms with van der Waals surface area (Å²) < 4.78 is 0. The van der Waals surface area contributed by atoms with Crippen LogP contribution < -0.4 is 0 Å². The summed E-state index contributed by atoms with van der Waals surface area (Å²) in [7, 11) is 0. The van der Waals surface area contributed by atoms with Crippen LogP contribution in [-0.4, -0.2) is 16.4 Å². The maximum atomic E-state index is 6.95. The normalized spacial score (nSPS) is 7.83. The Morgan fingerprint density at radius 1 is 1.50 bits per heavy atom. The van der Waals surface area contributed by atoms with Crippen molar-refractivity contribution in [2.24, 2.45) is 0 Å². The quantitative estimate of drug-likeness (QED) is 0.679. The summed E-state index contributed by atoms with van der Waals surface area (Å²) in [6.45, 7) is 7.53. The largest absolute Gasteiger partial charge is 0.308 e. The van der Waals surface area contributed by atoms with Crippen molar-refractivity contribution in [3.05, 3.63) is 30.1 Å². The van der Waals surface area contributed by atoms with Gasteiger partial charge < -0.3 is 5.41 Å². The molecule has 1 aromatic rings. The molecular formula is C9H13N3. The molecule has 1 aromatic heterocycles. The van der Waals surface area contributed by atoms with E-state index in [0.29, 0.717) is 5.69 Å². The summed E-state index contributed by atoms with van der Waals surface area (Å²) in [6, 6.07) is 1.72. The minimum absolute atomic E-state index is 0.650. The van der Waals surface area contributed by atoms with Crippen LogP contribution in [0, 0.1) is 5.41 Å². The molecule has 0 saturated carbocycles. The van der Waals surface area contributed by atoms with Gasteiger partial charge in [0.15, 0.2) is 0 Å². The first kappa shape index (κ1) is 10.5. The van der Waals surface area contributed by atoms with Crippen molar-refractivity contribution in [3.63, 3.8) is 0 Å². The number of hydrogen-bond donors (Lipinski definition) is 1. The summed E-state index contributed by atoms with van der Waals surface area (Å²) in [4.78, 5) is 0. The Morgan fingerprint density at radius 2 is 2.17 bits per heavy atom. The third-order valence-corrected chi connectivity index (χ3v) is 1.13. The minimum atomic E-state index is 0.650. The molecule has 0 fully saturated rings. The number of rotatable bonds is 2. The Kier molecular flexibility index (Phi) is 5.43. The van der Waals surface area contributed by atoms with Crippen LogP contribution in [0.2, 0.25) is 0 Å². The third-order valence-electron chi connectivity index (χ3n) is 1.13. The second-order valence-corrected chi connectivity index (χ2v) is 1.72. The fourth-order valence-electron chi connectivity index (χ4n) is 0.633. The molecule has 0 aliphatic carbocycles. The van der Waals surface area contributed by atoms with Gasteiger partial charge in [-0.25, -0.2) is 0 Å². The second-order valence-electron chi connectivity index (χ2n) is 1.72. The number of aromatic nitrogens is 2. The van der Waals surface area contributed by atoms with Crippen molar-refractivity contribution in [1.29, 1.82) is 5.41 Å². The topological polar surface area (TPSA) is 49.6 Å². The van der Waals surface area contributed by atoms with E-state index in [1.165, 1.54) is 6.21 Å². The lowest BCUT2D eigenvalue weighted by molar-refractivity contribution is 1.01. The Balaban J connectivity index is 0.000000561. The van der Waals surface area contributed by atoms with E-state index in [4.69, 9.17) is 5.41 Å². The molecular weight excluding hydrogens is 150 g/mol. The predicted octanol–water partition coefficient (Wildman–Crippen LogP) is 2.14. The molecule has 0 amide bonds. The van der Waals surface area contributed by atoms with Crippen LogP contribution in [0.1, 0.15) is 25.1 Å². The molecule has 0 unspecified atom stereocenters. The van der Waals surface area contributed by atoms with Crippen molar-refractivity contribution < 1.29 is 0 Å². The molecule has 0 atom stereocenters. The Labute approximate surface area is 72.7 Å². The summed E-state index contributed by atoms with van der Waals surface area (Å²) >= 11 is 0. The second kappa shape index (κ2) is 6.22. The molecule has 0 aliphatic rings. The molecule has 64 valence electrons. The molecule has 0 aromatic carbocycles. The molecule has 0 radical (unpaired) electrons. The molecule has 0 aliphatic heterocycles. The van der Waals surface area contributed by atoms with Crippen LogP contribution in [0.15, 0.2) is 18.8 Å². The minimum Gasteiger partial charge on any atom is -0.308 e. The molecule has 1 heterocycles. The van der Waals surface area contributed by atoms with Gasteiger partial charge in [0.1, 0.15) is 0 Å². The monoisotopic (exact) mass is 163 g/mol. The van der Waals surface area contributed by atoms with Crippen molar-refractivity contribution in [2.45, 2.75) is 13.8 Å². The van der Waals surface area contributed by atoms with Gasteiger partial charge in [-0.1, -0.05) is 20.4 Å². The Bertz CT molecular complexity index is 229. The summed E-state index contributed by atoms with van der Waals surface area (Å²) in [5.41, 5.74) is 1.39. The highest BCUT2D eigenvalue weighted by atomic mass is 15.1. The fraction of sp³-hybridized carbons (Fsp3) is 0.222. The zero-order valence-electron chi connectivity index (χ0n) is 7.41. The standard InChI is InChI=1S/C7H7N3.C2H6/c1-2-7-6(5-8)3-4-9-10-7;1-2/h2-5,8H,1H2;1-2H3. The Morgan fingerprint density at radius 3 is 2.58 bits per heavy atom. The fourth-order valence-corrected chi connectivity index (χ4v) is 0.633. The summed E-state index contributed by atoms with van der Waals surface area (Å²) in [6.07, 6.45) is 4.35. The highest BCUT2D eigenvalue weighted by molar-refractivity contribution is 5.81. The first-order chi connectivity index (χ1) is 5.88. The highest BCUT2D eigenvalue weighted by Gasteiger charge is 1.93. The van der Waals surface area contributed by atoms with Gasteiger partial charge in [-0.3, -0.25) is 0 Å². The van der Waals surface area contributed by atoms with Crippen LogP contribution in [-0.2, 0) is 0 Å². The first-order valence-electron chi connectivity index (χ1n) is 3.83. The molecule has 1 N–H and O–H groups in total. The lowest BCUT2D eigenvalue weighted by Gasteiger charge is -1.93. The molecule has 3 heteroatoms. The molecule has 3 nitrogen and oxygen atoms in total. The van der Waals surface area contributed by atoms with Gasteiger partial charge in [-0.2, -0.15) is 10.2 Å². The van der Waals surface area contributed by atoms with Crippen LogP contribution in [0.4, 0.5) is 0 Å². The first-order valence-corrected chi connectivity index (χ1v) is 3.83. The zero-order chi connectivity index (χ0) is 9.40. The van der Waals surface area contributed by atoms with E-state index in [-0.39, 0.29) is 0 Å². The van der Waals surface area contributed by atoms with Crippen molar-refractivity contribution in [2.75, 3.05) is 0 Å². The zero-order valence-corrected chi connectivity index (χ0v) is 7.41.